The number of aliphatic hydroxyl groups is 1. The van der Waals surface area contributed by atoms with Crippen LogP contribution in [-0.4, -0.2) is 26.6 Å². The quantitative estimate of drug-likeness (QED) is 0.853. The van der Waals surface area contributed by atoms with Gasteiger partial charge in [0.2, 0.25) is 5.91 Å². The van der Waals surface area contributed by atoms with E-state index in [2.05, 4.69) is 0 Å². The first kappa shape index (κ1) is 16.6. The molecule has 0 radical (unpaired) electrons. The maximum absolute atomic E-state index is 12.8. The van der Waals surface area contributed by atoms with Crippen LogP contribution in [0, 0.1) is 0 Å². The van der Waals surface area contributed by atoms with Crippen LogP contribution in [0.2, 0.25) is 0 Å². The highest BCUT2D eigenvalue weighted by atomic mass is 16.3. The number of furan rings is 1. The number of aromatic hydroxyl groups is 1. The molecule has 1 fully saturated rings. The van der Waals surface area contributed by atoms with Crippen molar-refractivity contribution in [3.8, 4) is 5.75 Å². The number of para-hydroxylation sites is 1. The van der Waals surface area contributed by atoms with Crippen molar-refractivity contribution in [3.05, 3.63) is 54.0 Å². The van der Waals surface area contributed by atoms with E-state index < -0.39 is 5.60 Å². The molecule has 2 aromatic rings. The number of hydrogen-bond donors (Lipinski definition) is 2. The summed E-state index contributed by atoms with van der Waals surface area (Å²) in [7, 11) is 0. The Morgan fingerprint density at radius 2 is 1.88 bits per heavy atom. The molecule has 0 aliphatic heterocycles. The van der Waals surface area contributed by atoms with Crippen LogP contribution in [0.15, 0.2) is 47.1 Å². The molecule has 1 saturated carbocycles. The van der Waals surface area contributed by atoms with E-state index in [1.165, 1.54) is 0 Å². The second-order valence-corrected chi connectivity index (χ2v) is 6.57. The van der Waals surface area contributed by atoms with E-state index in [0.29, 0.717) is 30.7 Å². The molecule has 3 rings (SSSR count). The molecule has 0 spiro atoms. The van der Waals surface area contributed by atoms with Gasteiger partial charge in [0.05, 0.1) is 24.8 Å². The molecule has 0 saturated heterocycles. The molecule has 0 unspecified atom stereocenters. The molecule has 5 nitrogen and oxygen atoms in total. The largest absolute Gasteiger partial charge is 0.508 e. The van der Waals surface area contributed by atoms with Gasteiger partial charge < -0.3 is 19.5 Å². The van der Waals surface area contributed by atoms with Gasteiger partial charge in [0.15, 0.2) is 0 Å². The maximum Gasteiger partial charge on any atom is 0.226 e. The fourth-order valence-corrected chi connectivity index (χ4v) is 3.28. The zero-order valence-electron chi connectivity index (χ0n) is 13.6. The third kappa shape index (κ3) is 3.97. The summed E-state index contributed by atoms with van der Waals surface area (Å²) in [5, 5.41) is 20.5. The third-order valence-electron chi connectivity index (χ3n) is 4.65. The molecule has 1 amide bonds. The van der Waals surface area contributed by atoms with E-state index >= 15 is 0 Å². The Balaban J connectivity index is 1.76. The number of benzene rings is 1. The number of rotatable bonds is 6. The minimum Gasteiger partial charge on any atom is -0.508 e. The van der Waals surface area contributed by atoms with Crippen molar-refractivity contribution < 1.29 is 19.4 Å². The van der Waals surface area contributed by atoms with Gasteiger partial charge in [-0.3, -0.25) is 4.79 Å². The van der Waals surface area contributed by atoms with Crippen molar-refractivity contribution >= 4 is 5.91 Å². The van der Waals surface area contributed by atoms with Crippen LogP contribution in [0.3, 0.4) is 0 Å². The smallest absolute Gasteiger partial charge is 0.226 e. The normalized spacial score (nSPS) is 16.2. The molecular weight excluding hydrogens is 306 g/mol. The average molecular weight is 329 g/mol. The van der Waals surface area contributed by atoms with Crippen molar-refractivity contribution in [1.29, 1.82) is 0 Å². The van der Waals surface area contributed by atoms with Gasteiger partial charge >= 0.3 is 0 Å². The zero-order valence-corrected chi connectivity index (χ0v) is 13.6. The van der Waals surface area contributed by atoms with Gasteiger partial charge in [-0.2, -0.15) is 0 Å². The summed E-state index contributed by atoms with van der Waals surface area (Å²) in [6, 6.07) is 10.6. The van der Waals surface area contributed by atoms with Gasteiger partial charge in [-0.05, 0) is 31.0 Å². The molecule has 1 aliphatic rings. The summed E-state index contributed by atoms with van der Waals surface area (Å²) in [5.41, 5.74) is -0.215. The monoisotopic (exact) mass is 329 g/mol. The third-order valence-corrected chi connectivity index (χ3v) is 4.65. The minimum atomic E-state index is -0.892. The first-order chi connectivity index (χ1) is 11.6. The van der Waals surface area contributed by atoms with Crippen LogP contribution in [0.1, 0.15) is 43.4 Å². The molecule has 0 bridgehead atoms. The van der Waals surface area contributed by atoms with E-state index in [-0.39, 0.29) is 24.6 Å². The summed E-state index contributed by atoms with van der Waals surface area (Å²) >= 11 is 0. The summed E-state index contributed by atoms with van der Waals surface area (Å²) in [6.45, 7) is 0.596. The van der Waals surface area contributed by atoms with E-state index in [0.717, 1.165) is 12.8 Å². The van der Waals surface area contributed by atoms with Gasteiger partial charge in [0, 0.05) is 12.1 Å². The summed E-state index contributed by atoms with van der Waals surface area (Å²) < 4.78 is 5.36. The average Bonchev–Trinajstić information content (AvgIpc) is 3.20. The predicted molar refractivity (Wildman–Crippen MR) is 89.1 cm³/mol. The number of phenolic OH excluding ortho intramolecular Hbond substituents is 1. The van der Waals surface area contributed by atoms with Crippen LogP contribution >= 0.6 is 0 Å². The first-order valence-electron chi connectivity index (χ1n) is 8.35. The molecule has 128 valence electrons. The number of hydrogen-bond acceptors (Lipinski definition) is 4. The molecule has 1 aromatic carbocycles. The minimum absolute atomic E-state index is 0.112. The first-order valence-corrected chi connectivity index (χ1v) is 8.35. The van der Waals surface area contributed by atoms with Gasteiger partial charge in [0.25, 0.3) is 0 Å². The molecule has 24 heavy (non-hydrogen) atoms. The van der Waals surface area contributed by atoms with Crippen LogP contribution < -0.4 is 0 Å². The fraction of sp³-hybridized carbons (Fsp3) is 0.421. The molecule has 2 N–H and O–H groups in total. The maximum atomic E-state index is 12.8. The second kappa shape index (κ2) is 7.09. The van der Waals surface area contributed by atoms with Crippen LogP contribution in [0.4, 0.5) is 0 Å². The summed E-state index contributed by atoms with van der Waals surface area (Å²) in [6.07, 6.45) is 4.94. The Kier molecular flexibility index (Phi) is 4.90. The molecular formula is C19H23NO4. The molecule has 1 aliphatic carbocycles. The lowest BCUT2D eigenvalue weighted by Gasteiger charge is -2.27. The lowest BCUT2D eigenvalue weighted by Crippen LogP contribution is -2.37. The molecule has 1 aromatic heterocycles. The van der Waals surface area contributed by atoms with E-state index in [9.17, 15) is 15.0 Å². The Hall–Kier alpha value is -2.27. The molecule has 5 heteroatoms. The number of phenols is 1. The second-order valence-electron chi connectivity index (χ2n) is 6.57. The van der Waals surface area contributed by atoms with Crippen molar-refractivity contribution in [2.75, 3.05) is 0 Å². The standard InChI is InChI=1S/C19H23NO4/c21-17-8-2-1-6-15(17)13-20(14-16-7-5-11-24-16)18(22)12-19(23)9-3-4-10-19/h1-2,5-8,11,21,23H,3-4,9-10,12-14H2. The summed E-state index contributed by atoms with van der Waals surface area (Å²) in [4.78, 5) is 14.4. The Morgan fingerprint density at radius 1 is 1.12 bits per heavy atom. The van der Waals surface area contributed by atoms with Crippen molar-refractivity contribution in [2.45, 2.75) is 50.8 Å². The lowest BCUT2D eigenvalue weighted by molar-refractivity contribution is -0.137. The van der Waals surface area contributed by atoms with Crippen molar-refractivity contribution in [1.82, 2.24) is 4.90 Å². The fourth-order valence-electron chi connectivity index (χ4n) is 3.28. The Bertz CT molecular complexity index is 674. The highest BCUT2D eigenvalue weighted by Gasteiger charge is 2.35. The molecule has 0 atom stereocenters. The van der Waals surface area contributed by atoms with Crippen molar-refractivity contribution in [3.63, 3.8) is 0 Å². The van der Waals surface area contributed by atoms with Gasteiger partial charge in [-0.25, -0.2) is 0 Å². The van der Waals surface area contributed by atoms with Gasteiger partial charge in [0.1, 0.15) is 11.5 Å². The molecule has 1 heterocycles. The highest BCUT2D eigenvalue weighted by molar-refractivity contribution is 5.77. The lowest BCUT2D eigenvalue weighted by atomic mass is 9.97. The number of carbonyl (C=O) groups is 1. The number of nitrogens with zero attached hydrogens (tertiary/aromatic N) is 1. The topological polar surface area (TPSA) is 73.9 Å². The SMILES string of the molecule is O=C(CC1(O)CCCC1)N(Cc1ccco1)Cc1ccccc1O. The summed E-state index contributed by atoms with van der Waals surface area (Å²) in [5.74, 6) is 0.713. The van der Waals surface area contributed by atoms with E-state index in [4.69, 9.17) is 4.42 Å². The van der Waals surface area contributed by atoms with Crippen LogP contribution in [0.25, 0.3) is 0 Å². The Labute approximate surface area is 141 Å². The van der Waals surface area contributed by atoms with Crippen LogP contribution in [-0.2, 0) is 17.9 Å². The predicted octanol–water partition coefficient (Wildman–Crippen LogP) is 3.21. The number of amides is 1. The number of carbonyl (C=O) groups excluding carboxylic acids is 1. The highest BCUT2D eigenvalue weighted by Crippen LogP contribution is 2.33. The van der Waals surface area contributed by atoms with E-state index in [1.54, 1.807) is 35.4 Å². The van der Waals surface area contributed by atoms with Crippen molar-refractivity contribution in [2.24, 2.45) is 0 Å². The van der Waals surface area contributed by atoms with Gasteiger partial charge in [-0.1, -0.05) is 31.0 Å². The zero-order chi connectivity index (χ0) is 17.0. The van der Waals surface area contributed by atoms with Crippen LogP contribution in [0.5, 0.6) is 5.75 Å². The Morgan fingerprint density at radius 3 is 2.54 bits per heavy atom. The van der Waals surface area contributed by atoms with Gasteiger partial charge in [-0.15, -0.1) is 0 Å². The van der Waals surface area contributed by atoms with E-state index in [1.807, 2.05) is 12.1 Å².